The van der Waals surface area contributed by atoms with E-state index in [1.165, 1.54) is 0 Å². The van der Waals surface area contributed by atoms with Crippen LogP contribution in [0.25, 0.3) is 0 Å². The van der Waals surface area contributed by atoms with Gasteiger partial charge in [0.05, 0.1) is 13.2 Å². The molecule has 1 aromatic rings. The van der Waals surface area contributed by atoms with Crippen LogP contribution in [0, 0.1) is 0 Å². The zero-order valence-corrected chi connectivity index (χ0v) is 7.93. The van der Waals surface area contributed by atoms with Crippen molar-refractivity contribution in [3.63, 3.8) is 0 Å². The van der Waals surface area contributed by atoms with Crippen molar-refractivity contribution in [3.8, 4) is 0 Å². The molecular weight excluding hydrogens is 178 g/mol. The lowest BCUT2D eigenvalue weighted by molar-refractivity contribution is -0.125. The lowest BCUT2D eigenvalue weighted by Gasteiger charge is -2.30. The van der Waals surface area contributed by atoms with Crippen LogP contribution in [0.15, 0.2) is 30.3 Å². The van der Waals surface area contributed by atoms with Crippen molar-refractivity contribution in [1.82, 2.24) is 4.90 Å². The molecule has 0 aliphatic carbocycles. The second-order valence-corrected chi connectivity index (χ2v) is 3.37. The second kappa shape index (κ2) is 4.24. The van der Waals surface area contributed by atoms with E-state index in [0.29, 0.717) is 19.7 Å². The van der Waals surface area contributed by atoms with E-state index in [1.54, 1.807) is 4.90 Å². The van der Waals surface area contributed by atoms with E-state index < -0.39 is 0 Å². The SMILES string of the molecule is O=CN1CCOC(c2ccccc2)C1. The zero-order valence-electron chi connectivity index (χ0n) is 7.93. The van der Waals surface area contributed by atoms with Crippen LogP contribution in [0.2, 0.25) is 0 Å². The van der Waals surface area contributed by atoms with Crippen LogP contribution in [0.4, 0.5) is 0 Å². The molecule has 1 amide bonds. The normalized spacial score (nSPS) is 22.0. The molecule has 1 unspecified atom stereocenters. The average molecular weight is 191 g/mol. The van der Waals surface area contributed by atoms with Crippen LogP contribution >= 0.6 is 0 Å². The van der Waals surface area contributed by atoms with Gasteiger partial charge in [-0.2, -0.15) is 0 Å². The van der Waals surface area contributed by atoms with Gasteiger partial charge >= 0.3 is 0 Å². The van der Waals surface area contributed by atoms with Gasteiger partial charge in [-0.25, -0.2) is 0 Å². The Morgan fingerprint density at radius 1 is 1.36 bits per heavy atom. The van der Waals surface area contributed by atoms with Gasteiger partial charge in [0.1, 0.15) is 6.10 Å². The fraction of sp³-hybridized carbons (Fsp3) is 0.364. The van der Waals surface area contributed by atoms with Crippen molar-refractivity contribution in [2.75, 3.05) is 19.7 Å². The van der Waals surface area contributed by atoms with Crippen molar-refractivity contribution in [2.45, 2.75) is 6.10 Å². The predicted molar refractivity (Wildman–Crippen MR) is 52.8 cm³/mol. The molecule has 0 bridgehead atoms. The van der Waals surface area contributed by atoms with Gasteiger partial charge < -0.3 is 9.64 Å². The Morgan fingerprint density at radius 2 is 2.14 bits per heavy atom. The molecule has 3 nitrogen and oxygen atoms in total. The van der Waals surface area contributed by atoms with Crippen LogP contribution in [0.5, 0.6) is 0 Å². The topological polar surface area (TPSA) is 29.5 Å². The Kier molecular flexibility index (Phi) is 2.79. The molecule has 3 heteroatoms. The summed E-state index contributed by atoms with van der Waals surface area (Å²) in [5.74, 6) is 0. The number of hydrogen-bond acceptors (Lipinski definition) is 2. The Hall–Kier alpha value is -1.35. The number of carbonyl (C=O) groups excluding carboxylic acids is 1. The first kappa shape index (κ1) is 9.21. The van der Waals surface area contributed by atoms with Gasteiger partial charge in [0.25, 0.3) is 0 Å². The number of carbonyl (C=O) groups is 1. The number of amides is 1. The van der Waals surface area contributed by atoms with E-state index in [1.807, 2.05) is 30.3 Å². The van der Waals surface area contributed by atoms with Crippen molar-refractivity contribution in [1.29, 1.82) is 0 Å². The van der Waals surface area contributed by atoms with E-state index in [0.717, 1.165) is 12.0 Å². The fourth-order valence-electron chi connectivity index (χ4n) is 1.63. The Morgan fingerprint density at radius 3 is 2.86 bits per heavy atom. The number of ether oxygens (including phenoxy) is 1. The van der Waals surface area contributed by atoms with E-state index in [2.05, 4.69) is 0 Å². The van der Waals surface area contributed by atoms with Crippen molar-refractivity contribution in [3.05, 3.63) is 35.9 Å². The minimum atomic E-state index is 0.0372. The molecule has 2 rings (SSSR count). The van der Waals surface area contributed by atoms with Crippen LogP contribution < -0.4 is 0 Å². The molecule has 1 aromatic carbocycles. The number of hydrogen-bond donors (Lipinski definition) is 0. The minimum absolute atomic E-state index is 0.0372. The molecule has 1 aliphatic heterocycles. The van der Waals surface area contributed by atoms with E-state index in [4.69, 9.17) is 4.74 Å². The quantitative estimate of drug-likeness (QED) is 0.658. The van der Waals surface area contributed by atoms with E-state index in [9.17, 15) is 4.79 Å². The van der Waals surface area contributed by atoms with Crippen molar-refractivity contribution < 1.29 is 9.53 Å². The largest absolute Gasteiger partial charge is 0.370 e. The molecule has 0 spiro atoms. The molecule has 1 aliphatic rings. The minimum Gasteiger partial charge on any atom is -0.370 e. The highest BCUT2D eigenvalue weighted by Crippen LogP contribution is 2.20. The molecule has 0 saturated carbocycles. The highest BCUT2D eigenvalue weighted by Gasteiger charge is 2.20. The summed E-state index contributed by atoms with van der Waals surface area (Å²) in [4.78, 5) is 12.4. The Bertz CT molecular complexity index is 299. The smallest absolute Gasteiger partial charge is 0.209 e. The van der Waals surface area contributed by atoms with Crippen LogP contribution in [-0.4, -0.2) is 31.0 Å². The first-order valence-corrected chi connectivity index (χ1v) is 4.76. The lowest BCUT2D eigenvalue weighted by Crippen LogP contribution is -2.37. The summed E-state index contributed by atoms with van der Waals surface area (Å²) in [6.07, 6.45) is 0.925. The average Bonchev–Trinajstić information content (AvgIpc) is 2.30. The standard InChI is InChI=1S/C11H13NO2/c13-9-12-6-7-14-11(8-12)10-4-2-1-3-5-10/h1-5,9,11H,6-8H2. The molecule has 1 saturated heterocycles. The number of morpholine rings is 1. The Balaban J connectivity index is 2.08. The summed E-state index contributed by atoms with van der Waals surface area (Å²) in [7, 11) is 0. The highest BCUT2D eigenvalue weighted by atomic mass is 16.5. The summed E-state index contributed by atoms with van der Waals surface area (Å²) >= 11 is 0. The monoisotopic (exact) mass is 191 g/mol. The van der Waals surface area contributed by atoms with Gasteiger partial charge in [-0.05, 0) is 5.56 Å². The molecule has 1 atom stereocenters. The predicted octanol–water partition coefficient (Wildman–Crippen LogP) is 1.22. The van der Waals surface area contributed by atoms with E-state index >= 15 is 0 Å². The molecule has 74 valence electrons. The summed E-state index contributed by atoms with van der Waals surface area (Å²) < 4.78 is 5.60. The second-order valence-electron chi connectivity index (χ2n) is 3.37. The molecule has 1 heterocycles. The first-order chi connectivity index (χ1) is 6.90. The summed E-state index contributed by atoms with van der Waals surface area (Å²) in [5.41, 5.74) is 1.14. The van der Waals surface area contributed by atoms with Crippen LogP contribution in [0.1, 0.15) is 11.7 Å². The van der Waals surface area contributed by atoms with Gasteiger partial charge in [0, 0.05) is 6.54 Å². The molecule has 0 aromatic heterocycles. The maximum Gasteiger partial charge on any atom is 0.209 e. The zero-order chi connectivity index (χ0) is 9.80. The number of rotatable bonds is 2. The molecule has 0 radical (unpaired) electrons. The van der Waals surface area contributed by atoms with Crippen molar-refractivity contribution in [2.24, 2.45) is 0 Å². The maximum atomic E-state index is 10.6. The van der Waals surface area contributed by atoms with Gasteiger partial charge in [0.15, 0.2) is 0 Å². The highest BCUT2D eigenvalue weighted by molar-refractivity contribution is 5.47. The number of benzene rings is 1. The third-order valence-corrected chi connectivity index (χ3v) is 2.42. The van der Waals surface area contributed by atoms with E-state index in [-0.39, 0.29) is 6.10 Å². The number of nitrogens with zero attached hydrogens (tertiary/aromatic N) is 1. The summed E-state index contributed by atoms with van der Waals surface area (Å²) in [5, 5.41) is 0. The molecular formula is C11H13NO2. The van der Waals surface area contributed by atoms with Crippen LogP contribution in [-0.2, 0) is 9.53 Å². The van der Waals surface area contributed by atoms with Gasteiger partial charge in [-0.15, -0.1) is 0 Å². The lowest BCUT2D eigenvalue weighted by atomic mass is 10.1. The summed E-state index contributed by atoms with van der Waals surface area (Å²) in [6.45, 7) is 1.98. The molecule has 14 heavy (non-hydrogen) atoms. The van der Waals surface area contributed by atoms with Gasteiger partial charge in [0.2, 0.25) is 6.41 Å². The first-order valence-electron chi connectivity index (χ1n) is 4.76. The molecule has 1 fully saturated rings. The van der Waals surface area contributed by atoms with Crippen molar-refractivity contribution >= 4 is 6.41 Å². The van der Waals surface area contributed by atoms with Gasteiger partial charge in [-0.1, -0.05) is 30.3 Å². The maximum absolute atomic E-state index is 10.6. The fourth-order valence-corrected chi connectivity index (χ4v) is 1.63. The third-order valence-electron chi connectivity index (χ3n) is 2.42. The summed E-state index contributed by atoms with van der Waals surface area (Å²) in [6, 6.07) is 10.00. The Labute approximate surface area is 83.3 Å². The molecule has 0 N–H and O–H groups in total. The third kappa shape index (κ3) is 1.93. The van der Waals surface area contributed by atoms with Gasteiger partial charge in [-0.3, -0.25) is 4.79 Å². The van der Waals surface area contributed by atoms with Crippen LogP contribution in [0.3, 0.4) is 0 Å².